The third-order valence-electron chi connectivity index (χ3n) is 4.50. The van der Waals surface area contributed by atoms with Crippen molar-refractivity contribution >= 4 is 45.0 Å². The Morgan fingerprint density at radius 2 is 2.21 bits per heavy atom. The number of carbonyl (C=O) groups excluding carboxylic acids is 1. The van der Waals surface area contributed by atoms with E-state index in [2.05, 4.69) is 20.9 Å². The van der Waals surface area contributed by atoms with Gasteiger partial charge in [0.15, 0.2) is 4.80 Å². The molecule has 0 aliphatic carbocycles. The van der Waals surface area contributed by atoms with E-state index < -0.39 is 12.0 Å². The number of furan rings is 1. The SMILES string of the molecule is CCOC(=O)C1=C(C)n2c(s/c(=C\c3cccc(Br)c3)c2=O)=N[C@@H]1c1ccco1. The van der Waals surface area contributed by atoms with Crippen molar-refractivity contribution in [2.75, 3.05) is 6.61 Å². The maximum absolute atomic E-state index is 13.1. The van der Waals surface area contributed by atoms with Gasteiger partial charge in [0, 0.05) is 10.2 Å². The molecule has 0 spiro atoms. The fourth-order valence-electron chi connectivity index (χ4n) is 3.22. The van der Waals surface area contributed by atoms with E-state index in [4.69, 9.17) is 9.15 Å². The molecule has 0 saturated carbocycles. The summed E-state index contributed by atoms with van der Waals surface area (Å²) >= 11 is 4.72. The number of hydrogen-bond donors (Lipinski definition) is 0. The average Bonchev–Trinajstić information content (AvgIpc) is 3.31. The molecule has 0 amide bonds. The highest BCUT2D eigenvalue weighted by Crippen LogP contribution is 2.32. The third-order valence-corrected chi connectivity index (χ3v) is 5.98. The number of nitrogens with zero attached hydrogens (tertiary/aromatic N) is 2. The first-order valence-electron chi connectivity index (χ1n) is 8.98. The lowest BCUT2D eigenvalue weighted by atomic mass is 10.0. The van der Waals surface area contributed by atoms with Crippen molar-refractivity contribution in [3.05, 3.63) is 83.7 Å². The molecule has 6 nitrogen and oxygen atoms in total. The van der Waals surface area contributed by atoms with Crippen LogP contribution in [0, 0.1) is 0 Å². The highest BCUT2D eigenvalue weighted by Gasteiger charge is 2.32. The number of hydrogen-bond acceptors (Lipinski definition) is 6. The smallest absolute Gasteiger partial charge is 0.338 e. The van der Waals surface area contributed by atoms with Gasteiger partial charge in [0.25, 0.3) is 5.56 Å². The summed E-state index contributed by atoms with van der Waals surface area (Å²) in [6.45, 7) is 3.70. The van der Waals surface area contributed by atoms with Crippen molar-refractivity contribution < 1.29 is 13.9 Å². The highest BCUT2D eigenvalue weighted by molar-refractivity contribution is 9.10. The van der Waals surface area contributed by atoms with Gasteiger partial charge >= 0.3 is 5.97 Å². The van der Waals surface area contributed by atoms with Crippen LogP contribution < -0.4 is 14.9 Å². The normalized spacial score (nSPS) is 16.5. The maximum atomic E-state index is 13.1. The van der Waals surface area contributed by atoms with Gasteiger partial charge in [-0.2, -0.15) is 0 Å². The van der Waals surface area contributed by atoms with Crippen LogP contribution in [0.3, 0.4) is 0 Å². The summed E-state index contributed by atoms with van der Waals surface area (Å²) in [5, 5.41) is 0. The van der Waals surface area contributed by atoms with E-state index in [-0.39, 0.29) is 12.2 Å². The molecular formula is C21H17BrN2O4S. The van der Waals surface area contributed by atoms with Crippen molar-refractivity contribution in [1.29, 1.82) is 0 Å². The molecule has 1 atom stereocenters. The monoisotopic (exact) mass is 472 g/mol. The summed E-state index contributed by atoms with van der Waals surface area (Å²) in [5.74, 6) is 0.0217. The quantitative estimate of drug-likeness (QED) is 0.546. The standard InChI is InChI=1S/C21H17BrN2O4S/c1-3-27-20(26)17-12(2)24-19(25)16(11-13-6-4-7-14(22)10-13)29-21(24)23-18(17)15-8-5-9-28-15/h4-11,18H,3H2,1-2H3/b16-11-/t18-/m1/s1. The first-order valence-corrected chi connectivity index (χ1v) is 10.6. The molecule has 0 radical (unpaired) electrons. The zero-order chi connectivity index (χ0) is 20.5. The number of rotatable bonds is 4. The molecule has 1 aliphatic heterocycles. The molecule has 148 valence electrons. The molecule has 0 N–H and O–H groups in total. The Balaban J connectivity index is 1.95. The number of fused-ring (bicyclic) bond motifs is 1. The summed E-state index contributed by atoms with van der Waals surface area (Å²) in [4.78, 5) is 30.9. The third kappa shape index (κ3) is 3.65. The summed E-state index contributed by atoms with van der Waals surface area (Å²) < 4.78 is 13.7. The predicted molar refractivity (Wildman–Crippen MR) is 114 cm³/mol. The van der Waals surface area contributed by atoms with Gasteiger partial charge in [-0.1, -0.05) is 39.4 Å². The number of thiazole rings is 1. The lowest BCUT2D eigenvalue weighted by Crippen LogP contribution is -2.35. The molecule has 1 aliphatic rings. The van der Waals surface area contributed by atoms with Crippen LogP contribution >= 0.6 is 27.3 Å². The van der Waals surface area contributed by atoms with Gasteiger partial charge < -0.3 is 9.15 Å². The van der Waals surface area contributed by atoms with Crippen molar-refractivity contribution in [2.24, 2.45) is 4.99 Å². The Labute approximate surface area is 178 Å². The van der Waals surface area contributed by atoms with Crippen LogP contribution in [0.25, 0.3) is 11.8 Å². The fourth-order valence-corrected chi connectivity index (χ4v) is 4.67. The second-order valence-electron chi connectivity index (χ2n) is 6.36. The van der Waals surface area contributed by atoms with E-state index in [1.807, 2.05) is 30.3 Å². The fraction of sp³-hybridized carbons (Fsp3) is 0.190. The summed E-state index contributed by atoms with van der Waals surface area (Å²) in [6.07, 6.45) is 3.35. The highest BCUT2D eigenvalue weighted by atomic mass is 79.9. The van der Waals surface area contributed by atoms with Gasteiger partial charge in [-0.3, -0.25) is 9.36 Å². The number of carbonyl (C=O) groups is 1. The van der Waals surface area contributed by atoms with Crippen molar-refractivity contribution in [1.82, 2.24) is 4.57 Å². The van der Waals surface area contributed by atoms with Crippen LogP contribution in [0.15, 0.2) is 66.9 Å². The molecule has 8 heteroatoms. The molecular weight excluding hydrogens is 456 g/mol. The van der Waals surface area contributed by atoms with Crippen LogP contribution in [0.2, 0.25) is 0 Å². The van der Waals surface area contributed by atoms with Crippen LogP contribution in [-0.2, 0) is 9.53 Å². The number of esters is 1. The Morgan fingerprint density at radius 3 is 2.90 bits per heavy atom. The van der Waals surface area contributed by atoms with Gasteiger partial charge in [0.2, 0.25) is 0 Å². The summed E-state index contributed by atoms with van der Waals surface area (Å²) in [6, 6.07) is 10.5. The summed E-state index contributed by atoms with van der Waals surface area (Å²) in [5.41, 5.74) is 1.49. The lowest BCUT2D eigenvalue weighted by Gasteiger charge is -2.20. The van der Waals surface area contributed by atoms with Crippen LogP contribution in [0.5, 0.6) is 0 Å². The first-order chi connectivity index (χ1) is 14.0. The van der Waals surface area contributed by atoms with Gasteiger partial charge in [-0.25, -0.2) is 9.79 Å². The Bertz CT molecular complexity index is 1280. The van der Waals surface area contributed by atoms with Crippen LogP contribution in [0.1, 0.15) is 31.2 Å². The Hall–Kier alpha value is -2.71. The minimum atomic E-state index is -0.652. The summed E-state index contributed by atoms with van der Waals surface area (Å²) in [7, 11) is 0. The second-order valence-corrected chi connectivity index (χ2v) is 8.28. The molecule has 3 aromatic rings. The molecule has 29 heavy (non-hydrogen) atoms. The molecule has 1 aromatic carbocycles. The molecule has 0 unspecified atom stereocenters. The molecule has 0 fully saturated rings. The van der Waals surface area contributed by atoms with Crippen molar-refractivity contribution in [3.8, 4) is 0 Å². The van der Waals surface area contributed by atoms with E-state index in [0.717, 1.165) is 10.0 Å². The van der Waals surface area contributed by atoms with Crippen LogP contribution in [-0.4, -0.2) is 17.1 Å². The largest absolute Gasteiger partial charge is 0.467 e. The topological polar surface area (TPSA) is 73.8 Å². The Morgan fingerprint density at radius 1 is 1.38 bits per heavy atom. The Kier molecular flexibility index (Phi) is 5.38. The molecule has 0 saturated heterocycles. The molecule has 2 aromatic heterocycles. The molecule has 0 bridgehead atoms. The minimum absolute atomic E-state index is 0.217. The number of ether oxygens (including phenoxy) is 1. The van der Waals surface area contributed by atoms with E-state index in [1.54, 1.807) is 26.0 Å². The first kappa shape index (κ1) is 19.6. The predicted octanol–water partition coefficient (Wildman–Crippen LogP) is 3.26. The molecule has 3 heterocycles. The lowest BCUT2D eigenvalue weighted by molar-refractivity contribution is -0.138. The number of allylic oxidation sites excluding steroid dienone is 1. The zero-order valence-electron chi connectivity index (χ0n) is 15.7. The second kappa shape index (κ2) is 7.96. The number of aromatic nitrogens is 1. The van der Waals surface area contributed by atoms with Gasteiger partial charge in [0.1, 0.15) is 11.8 Å². The van der Waals surface area contributed by atoms with E-state index >= 15 is 0 Å². The zero-order valence-corrected chi connectivity index (χ0v) is 18.1. The van der Waals surface area contributed by atoms with Crippen molar-refractivity contribution in [2.45, 2.75) is 19.9 Å². The van der Waals surface area contributed by atoms with Gasteiger partial charge in [-0.15, -0.1) is 0 Å². The maximum Gasteiger partial charge on any atom is 0.338 e. The minimum Gasteiger partial charge on any atom is -0.467 e. The molecule has 4 rings (SSSR count). The van der Waals surface area contributed by atoms with Crippen LogP contribution in [0.4, 0.5) is 0 Å². The number of halogens is 1. The van der Waals surface area contributed by atoms with E-state index in [0.29, 0.717) is 26.4 Å². The average molecular weight is 473 g/mol. The number of benzene rings is 1. The van der Waals surface area contributed by atoms with Gasteiger partial charge in [-0.05, 0) is 49.8 Å². The van der Waals surface area contributed by atoms with E-state index in [9.17, 15) is 9.59 Å². The van der Waals surface area contributed by atoms with Gasteiger partial charge in [0.05, 0.1) is 23.0 Å². The van der Waals surface area contributed by atoms with Crippen molar-refractivity contribution in [3.63, 3.8) is 0 Å². The van der Waals surface area contributed by atoms with E-state index in [1.165, 1.54) is 22.2 Å².